The van der Waals surface area contributed by atoms with Crippen molar-refractivity contribution >= 4 is 58.2 Å². The van der Waals surface area contributed by atoms with Gasteiger partial charge in [-0.2, -0.15) is 0 Å². The molecule has 4 atom stereocenters. The molecule has 8 heteroatoms. The van der Waals surface area contributed by atoms with Crippen LogP contribution in [0, 0.1) is 25.7 Å². The van der Waals surface area contributed by atoms with Gasteiger partial charge in [-0.25, -0.2) is 9.80 Å². The zero-order valence-corrected chi connectivity index (χ0v) is 24.2. The highest BCUT2D eigenvalue weighted by molar-refractivity contribution is 6.34. The second kappa shape index (κ2) is 9.38. The van der Waals surface area contributed by atoms with Crippen molar-refractivity contribution in [1.82, 2.24) is 0 Å². The minimum absolute atomic E-state index is 0.348. The van der Waals surface area contributed by atoms with E-state index < -0.39 is 46.8 Å². The Morgan fingerprint density at radius 2 is 1.17 bits per heavy atom. The third-order valence-corrected chi connectivity index (χ3v) is 9.35. The first-order valence-electron chi connectivity index (χ1n) is 13.6. The van der Waals surface area contributed by atoms with Crippen molar-refractivity contribution in [2.75, 3.05) is 9.80 Å². The van der Waals surface area contributed by atoms with Crippen LogP contribution >= 0.6 is 23.2 Å². The Hall–Kier alpha value is -4.26. The molecule has 42 heavy (non-hydrogen) atoms. The lowest BCUT2D eigenvalue weighted by Gasteiger charge is -2.42. The predicted molar refractivity (Wildman–Crippen MR) is 161 cm³/mol. The Balaban J connectivity index is 1.53. The predicted octanol–water partition coefficient (Wildman–Crippen LogP) is 6.37. The van der Waals surface area contributed by atoms with Gasteiger partial charge < -0.3 is 0 Å². The maximum Gasteiger partial charge on any atom is 0.249 e. The smallest absolute Gasteiger partial charge is 0.249 e. The number of benzene rings is 4. The lowest BCUT2D eigenvalue weighted by atomic mass is 9.55. The van der Waals surface area contributed by atoms with E-state index in [9.17, 15) is 19.2 Å². The number of carbonyl (C=O) groups is 4. The van der Waals surface area contributed by atoms with Crippen LogP contribution in [0.5, 0.6) is 0 Å². The van der Waals surface area contributed by atoms with Crippen molar-refractivity contribution in [2.24, 2.45) is 11.8 Å². The van der Waals surface area contributed by atoms with Crippen LogP contribution in [0.25, 0.3) is 0 Å². The maximum atomic E-state index is 14.9. The number of carbonyl (C=O) groups excluding carboxylic acids is 4. The summed E-state index contributed by atoms with van der Waals surface area (Å²) in [6, 6.07) is 25.9. The van der Waals surface area contributed by atoms with E-state index in [1.165, 1.54) is 0 Å². The summed E-state index contributed by atoms with van der Waals surface area (Å²) in [4.78, 5) is 60.4. The number of hydrogen-bond acceptors (Lipinski definition) is 4. The standard InChI is InChI=1S/C34H24Cl2N2O4/c1-18-3-12-23(13-4-18)37-30(39)27-25-16-11-22(36)17-26(25)34(20-7-9-21(35)10-8-20)29(28(27)31(37)40)32(41)38(33(34)42)24-14-5-19(2)6-15-24/h3-17,27-29H,1-2H3/t27-,28-,29-,34-/m0/s1. The minimum atomic E-state index is -1.62. The van der Waals surface area contributed by atoms with Gasteiger partial charge in [0.1, 0.15) is 5.41 Å². The van der Waals surface area contributed by atoms with Gasteiger partial charge in [-0.15, -0.1) is 0 Å². The highest BCUT2D eigenvalue weighted by Crippen LogP contribution is 2.61. The van der Waals surface area contributed by atoms with E-state index in [0.717, 1.165) is 20.9 Å². The molecule has 0 saturated carbocycles. The van der Waals surface area contributed by atoms with E-state index in [1.807, 2.05) is 38.1 Å². The minimum Gasteiger partial charge on any atom is -0.274 e. The lowest BCUT2D eigenvalue weighted by Crippen LogP contribution is -2.50. The molecular weight excluding hydrogens is 571 g/mol. The van der Waals surface area contributed by atoms with Crippen LogP contribution in [0.4, 0.5) is 11.4 Å². The molecule has 3 aliphatic rings. The Labute approximate surface area is 252 Å². The fraction of sp³-hybridized carbons (Fsp3) is 0.176. The number of anilines is 2. The Morgan fingerprint density at radius 1 is 0.619 bits per heavy atom. The summed E-state index contributed by atoms with van der Waals surface area (Å²) in [5, 5.41) is 0.803. The van der Waals surface area contributed by atoms with Crippen molar-refractivity contribution in [3.8, 4) is 0 Å². The highest BCUT2D eigenvalue weighted by Gasteiger charge is 2.72. The van der Waals surface area contributed by atoms with Gasteiger partial charge in [0, 0.05) is 10.0 Å². The molecule has 2 fully saturated rings. The fourth-order valence-electron chi connectivity index (χ4n) is 6.99. The maximum absolute atomic E-state index is 14.9. The number of halogens is 2. The molecule has 2 heterocycles. The van der Waals surface area contributed by atoms with Gasteiger partial charge in [-0.1, -0.05) is 76.8 Å². The van der Waals surface area contributed by atoms with Gasteiger partial charge in [0.25, 0.3) is 0 Å². The quantitative estimate of drug-likeness (QED) is 0.258. The Kier molecular flexibility index (Phi) is 5.95. The summed E-state index contributed by atoms with van der Waals surface area (Å²) in [5.74, 6) is -5.26. The molecule has 4 aromatic rings. The monoisotopic (exact) mass is 594 g/mol. The van der Waals surface area contributed by atoms with Crippen LogP contribution in [-0.4, -0.2) is 23.6 Å². The molecule has 2 saturated heterocycles. The van der Waals surface area contributed by atoms with Crippen LogP contribution in [0.1, 0.15) is 33.7 Å². The molecule has 208 valence electrons. The summed E-state index contributed by atoms with van der Waals surface area (Å²) in [7, 11) is 0. The summed E-state index contributed by atoms with van der Waals surface area (Å²) in [5.41, 5.74) is 2.59. The van der Waals surface area contributed by atoms with E-state index in [2.05, 4.69) is 0 Å². The molecule has 0 radical (unpaired) electrons. The Morgan fingerprint density at radius 3 is 1.76 bits per heavy atom. The molecule has 1 aliphatic carbocycles. The van der Waals surface area contributed by atoms with Gasteiger partial charge in [0.05, 0.1) is 29.1 Å². The second-order valence-electron chi connectivity index (χ2n) is 11.2. The van der Waals surface area contributed by atoms with Gasteiger partial charge in [0.2, 0.25) is 23.6 Å². The number of fused-ring (bicyclic) bond motifs is 6. The van der Waals surface area contributed by atoms with Gasteiger partial charge in [-0.05, 0) is 79.1 Å². The van der Waals surface area contributed by atoms with Crippen LogP contribution in [0.15, 0.2) is 91.0 Å². The zero-order chi connectivity index (χ0) is 29.5. The first-order chi connectivity index (χ1) is 20.1. The van der Waals surface area contributed by atoms with Gasteiger partial charge in [0.15, 0.2) is 0 Å². The summed E-state index contributed by atoms with van der Waals surface area (Å²) < 4.78 is 0. The largest absolute Gasteiger partial charge is 0.274 e. The molecule has 0 N–H and O–H groups in total. The van der Waals surface area contributed by atoms with Crippen molar-refractivity contribution in [2.45, 2.75) is 25.2 Å². The van der Waals surface area contributed by atoms with Crippen LogP contribution < -0.4 is 9.80 Å². The lowest BCUT2D eigenvalue weighted by molar-refractivity contribution is -0.131. The van der Waals surface area contributed by atoms with Gasteiger partial charge in [-0.3, -0.25) is 19.2 Å². The third-order valence-electron chi connectivity index (χ3n) is 8.86. The molecule has 2 aliphatic heterocycles. The summed E-state index contributed by atoms with van der Waals surface area (Å²) >= 11 is 12.8. The number of amides is 4. The SMILES string of the molecule is Cc1ccc(N2C(=O)[C@@H]3[C@H]4C(=O)N(c5ccc(C)cc5)C(=O)[C@@]4(c4ccc(Cl)cc4)c4cc(Cl)ccc4[C@@H]3C2=O)cc1. The third kappa shape index (κ3) is 3.52. The normalized spacial score (nSPS) is 24.6. The summed E-state index contributed by atoms with van der Waals surface area (Å²) in [6.45, 7) is 3.83. The Bertz CT molecular complexity index is 1820. The van der Waals surface area contributed by atoms with Crippen LogP contribution in [0.2, 0.25) is 10.0 Å². The van der Waals surface area contributed by atoms with E-state index in [1.54, 1.807) is 66.7 Å². The first kappa shape index (κ1) is 26.6. The van der Waals surface area contributed by atoms with Crippen molar-refractivity contribution in [3.63, 3.8) is 0 Å². The molecule has 6 nitrogen and oxygen atoms in total. The molecule has 0 spiro atoms. The molecule has 0 aromatic heterocycles. The van der Waals surface area contributed by atoms with E-state index in [4.69, 9.17) is 23.2 Å². The number of hydrogen-bond donors (Lipinski definition) is 0. The van der Waals surface area contributed by atoms with E-state index in [-0.39, 0.29) is 0 Å². The first-order valence-corrected chi connectivity index (χ1v) is 14.4. The van der Waals surface area contributed by atoms with E-state index >= 15 is 0 Å². The number of nitrogens with zero attached hydrogens (tertiary/aromatic N) is 2. The second-order valence-corrected chi connectivity index (χ2v) is 12.1. The van der Waals surface area contributed by atoms with Crippen molar-refractivity contribution < 1.29 is 19.2 Å². The van der Waals surface area contributed by atoms with Crippen molar-refractivity contribution in [3.05, 3.63) is 129 Å². The molecule has 0 bridgehead atoms. The van der Waals surface area contributed by atoms with Crippen LogP contribution in [0.3, 0.4) is 0 Å². The molecular formula is C34H24Cl2N2O4. The van der Waals surface area contributed by atoms with E-state index in [0.29, 0.717) is 38.1 Å². The molecule has 7 rings (SSSR count). The highest BCUT2D eigenvalue weighted by atomic mass is 35.5. The topological polar surface area (TPSA) is 74.8 Å². The number of rotatable bonds is 3. The van der Waals surface area contributed by atoms with Crippen molar-refractivity contribution in [1.29, 1.82) is 0 Å². The average molecular weight is 595 g/mol. The number of imide groups is 2. The number of aryl methyl sites for hydroxylation is 2. The fourth-order valence-corrected chi connectivity index (χ4v) is 7.29. The summed E-state index contributed by atoms with van der Waals surface area (Å²) in [6.07, 6.45) is 0. The molecule has 4 amide bonds. The zero-order valence-electron chi connectivity index (χ0n) is 22.7. The molecule has 4 aromatic carbocycles. The average Bonchev–Trinajstić information content (AvgIpc) is 3.37. The molecule has 0 unspecified atom stereocenters. The van der Waals surface area contributed by atoms with Crippen LogP contribution in [-0.2, 0) is 24.6 Å². The van der Waals surface area contributed by atoms with Gasteiger partial charge >= 0.3 is 0 Å².